The third kappa shape index (κ3) is 5.13. The molecule has 0 N–H and O–H groups in total. The van der Waals surface area contributed by atoms with Crippen molar-refractivity contribution < 1.29 is 9.59 Å². The molecule has 4 heteroatoms. The summed E-state index contributed by atoms with van der Waals surface area (Å²) in [5.41, 5.74) is 1.96. The first-order valence-corrected chi connectivity index (χ1v) is 11.0. The summed E-state index contributed by atoms with van der Waals surface area (Å²) in [6, 6.07) is 16.7. The number of carbonyl (C=O) groups excluding carboxylic acids is 2. The number of likely N-dealkylation sites (tertiary alicyclic amines) is 2. The molecule has 0 saturated carbocycles. The molecule has 2 aromatic carbocycles. The first-order valence-electron chi connectivity index (χ1n) is 11.0. The van der Waals surface area contributed by atoms with Gasteiger partial charge < -0.3 is 9.80 Å². The largest absolute Gasteiger partial charge is 0.334 e. The molecular weight excluding hydrogens is 360 g/mol. The fourth-order valence-electron chi connectivity index (χ4n) is 4.24. The van der Waals surface area contributed by atoms with E-state index in [0.29, 0.717) is 22.7 Å². The highest BCUT2D eigenvalue weighted by Crippen LogP contribution is 2.23. The summed E-state index contributed by atoms with van der Waals surface area (Å²) in [6.07, 6.45) is 4.72. The lowest BCUT2D eigenvalue weighted by Crippen LogP contribution is -2.42. The molecule has 154 valence electrons. The van der Waals surface area contributed by atoms with Crippen molar-refractivity contribution in [2.24, 2.45) is 0 Å². The molecular formula is C25H32N2O2. The van der Waals surface area contributed by atoms with E-state index < -0.39 is 0 Å². The molecule has 2 fully saturated rings. The van der Waals surface area contributed by atoms with E-state index >= 15 is 0 Å². The number of nitrogens with zero attached hydrogens (tertiary/aromatic N) is 2. The second-order valence-corrected chi connectivity index (χ2v) is 7.57. The Kier molecular flexibility index (Phi) is 7.59. The zero-order valence-corrected chi connectivity index (χ0v) is 17.6. The van der Waals surface area contributed by atoms with E-state index in [2.05, 4.69) is 4.90 Å². The molecule has 0 aromatic heterocycles. The van der Waals surface area contributed by atoms with Crippen molar-refractivity contribution >= 4 is 11.7 Å². The van der Waals surface area contributed by atoms with Gasteiger partial charge in [0.05, 0.1) is 0 Å². The molecule has 2 heterocycles. The Bertz CT molecular complexity index is 795. The van der Waals surface area contributed by atoms with Crippen LogP contribution >= 0.6 is 0 Å². The molecule has 4 rings (SSSR count). The van der Waals surface area contributed by atoms with E-state index in [1.165, 1.54) is 12.8 Å². The Balaban J connectivity index is 0.00000117. The van der Waals surface area contributed by atoms with Gasteiger partial charge in [-0.25, -0.2) is 0 Å². The van der Waals surface area contributed by atoms with Gasteiger partial charge >= 0.3 is 0 Å². The van der Waals surface area contributed by atoms with Crippen LogP contribution in [0.25, 0.3) is 0 Å². The van der Waals surface area contributed by atoms with Crippen LogP contribution in [0.15, 0.2) is 54.6 Å². The lowest BCUT2D eigenvalue weighted by molar-refractivity contribution is 0.0708. The van der Waals surface area contributed by atoms with Gasteiger partial charge in [0.2, 0.25) is 0 Å². The third-order valence-electron chi connectivity index (χ3n) is 5.74. The maximum atomic E-state index is 13.0. The number of carbonyl (C=O) groups is 2. The molecule has 0 aliphatic carbocycles. The van der Waals surface area contributed by atoms with Gasteiger partial charge in [-0.15, -0.1) is 0 Å². The van der Waals surface area contributed by atoms with Crippen LogP contribution in [0.2, 0.25) is 0 Å². The van der Waals surface area contributed by atoms with Gasteiger partial charge in [-0.1, -0.05) is 56.3 Å². The molecule has 29 heavy (non-hydrogen) atoms. The van der Waals surface area contributed by atoms with Crippen molar-refractivity contribution in [3.8, 4) is 0 Å². The quantitative estimate of drug-likeness (QED) is 0.696. The number of amides is 1. The Hall–Kier alpha value is -2.46. The zero-order valence-electron chi connectivity index (χ0n) is 17.6. The first kappa shape index (κ1) is 21.3. The van der Waals surface area contributed by atoms with Crippen molar-refractivity contribution in [1.82, 2.24) is 9.80 Å². The number of hydrogen-bond acceptors (Lipinski definition) is 3. The van der Waals surface area contributed by atoms with Gasteiger partial charge in [-0.3, -0.25) is 9.59 Å². The van der Waals surface area contributed by atoms with Gasteiger partial charge in [0.1, 0.15) is 0 Å². The normalized spacial score (nSPS) is 19.0. The molecule has 1 atom stereocenters. The number of rotatable bonds is 5. The summed E-state index contributed by atoms with van der Waals surface area (Å²) in [4.78, 5) is 30.1. The van der Waals surface area contributed by atoms with Crippen LogP contribution in [0.5, 0.6) is 0 Å². The SMILES string of the molecule is CC.O=C(c1ccccc1)c1ccc(C(=O)N2CCCC2CN2CCCC2)cc1. The maximum absolute atomic E-state index is 13.0. The summed E-state index contributed by atoms with van der Waals surface area (Å²) in [6.45, 7) is 8.15. The highest BCUT2D eigenvalue weighted by atomic mass is 16.2. The summed E-state index contributed by atoms with van der Waals surface area (Å²) in [5.74, 6) is 0.0816. The lowest BCUT2D eigenvalue weighted by Gasteiger charge is -2.28. The van der Waals surface area contributed by atoms with Crippen LogP contribution < -0.4 is 0 Å². The van der Waals surface area contributed by atoms with Crippen molar-refractivity contribution in [1.29, 1.82) is 0 Å². The van der Waals surface area contributed by atoms with Crippen LogP contribution in [0, 0.1) is 0 Å². The van der Waals surface area contributed by atoms with Crippen LogP contribution in [0.1, 0.15) is 65.8 Å². The van der Waals surface area contributed by atoms with Crippen molar-refractivity contribution in [3.05, 3.63) is 71.3 Å². The summed E-state index contributed by atoms with van der Waals surface area (Å²) in [7, 11) is 0. The number of benzene rings is 2. The molecule has 0 spiro atoms. The van der Waals surface area contributed by atoms with E-state index in [0.717, 1.165) is 39.0 Å². The molecule has 4 nitrogen and oxygen atoms in total. The minimum atomic E-state index is -0.0114. The van der Waals surface area contributed by atoms with Crippen LogP contribution in [0.3, 0.4) is 0 Å². The second kappa shape index (κ2) is 10.4. The topological polar surface area (TPSA) is 40.6 Å². The Morgan fingerprint density at radius 2 is 1.38 bits per heavy atom. The van der Waals surface area contributed by atoms with Gasteiger partial charge in [0.25, 0.3) is 5.91 Å². The maximum Gasteiger partial charge on any atom is 0.254 e. The van der Waals surface area contributed by atoms with Crippen LogP contribution in [-0.2, 0) is 0 Å². The van der Waals surface area contributed by atoms with Gasteiger partial charge in [0, 0.05) is 35.8 Å². The minimum absolute atomic E-state index is 0.0114. The van der Waals surface area contributed by atoms with Crippen LogP contribution in [-0.4, -0.2) is 53.7 Å². The van der Waals surface area contributed by atoms with E-state index in [1.807, 2.05) is 49.1 Å². The van der Waals surface area contributed by atoms with Crippen molar-refractivity contribution in [3.63, 3.8) is 0 Å². The molecule has 0 radical (unpaired) electrons. The summed E-state index contributed by atoms with van der Waals surface area (Å²) < 4.78 is 0. The second-order valence-electron chi connectivity index (χ2n) is 7.57. The average Bonchev–Trinajstić information content (AvgIpc) is 3.47. The lowest BCUT2D eigenvalue weighted by atomic mass is 10.0. The molecule has 2 aliphatic heterocycles. The fourth-order valence-corrected chi connectivity index (χ4v) is 4.24. The van der Waals surface area contributed by atoms with E-state index in [1.54, 1.807) is 24.3 Å². The predicted octanol–water partition coefficient (Wildman–Crippen LogP) is 4.64. The Morgan fingerprint density at radius 1 is 0.793 bits per heavy atom. The monoisotopic (exact) mass is 392 g/mol. The minimum Gasteiger partial charge on any atom is -0.334 e. The Morgan fingerprint density at radius 3 is 2.03 bits per heavy atom. The van der Waals surface area contributed by atoms with E-state index in [4.69, 9.17) is 0 Å². The molecule has 1 unspecified atom stereocenters. The van der Waals surface area contributed by atoms with Crippen molar-refractivity contribution in [2.45, 2.75) is 45.6 Å². The molecule has 0 bridgehead atoms. The van der Waals surface area contributed by atoms with Crippen molar-refractivity contribution in [2.75, 3.05) is 26.2 Å². The summed E-state index contributed by atoms with van der Waals surface area (Å²) in [5, 5.41) is 0. The van der Waals surface area contributed by atoms with E-state index in [9.17, 15) is 9.59 Å². The fraction of sp³-hybridized carbons (Fsp3) is 0.440. The third-order valence-corrected chi connectivity index (χ3v) is 5.74. The smallest absolute Gasteiger partial charge is 0.254 e. The molecule has 2 aliphatic rings. The Labute approximate surface area is 174 Å². The first-order chi connectivity index (χ1) is 14.2. The molecule has 2 aromatic rings. The standard InChI is InChI=1S/C23H26N2O2.C2H6/c26-22(18-7-2-1-3-8-18)19-10-12-20(13-11-19)23(27)25-16-6-9-21(25)17-24-14-4-5-15-24;1-2/h1-3,7-8,10-13,21H,4-6,9,14-17H2;1-2H3. The average molecular weight is 393 g/mol. The van der Waals surface area contributed by atoms with Gasteiger partial charge in [-0.2, -0.15) is 0 Å². The van der Waals surface area contributed by atoms with Gasteiger partial charge in [-0.05, 0) is 50.9 Å². The highest BCUT2D eigenvalue weighted by Gasteiger charge is 2.31. The zero-order chi connectivity index (χ0) is 20.6. The highest BCUT2D eigenvalue weighted by molar-refractivity contribution is 6.09. The number of ketones is 1. The predicted molar refractivity (Wildman–Crippen MR) is 117 cm³/mol. The van der Waals surface area contributed by atoms with Gasteiger partial charge in [0.15, 0.2) is 5.78 Å². The number of hydrogen-bond donors (Lipinski definition) is 0. The summed E-state index contributed by atoms with van der Waals surface area (Å²) >= 11 is 0. The van der Waals surface area contributed by atoms with Crippen LogP contribution in [0.4, 0.5) is 0 Å². The van der Waals surface area contributed by atoms with E-state index in [-0.39, 0.29) is 11.7 Å². The molecule has 1 amide bonds. The molecule has 2 saturated heterocycles.